The molecule has 30 heavy (non-hydrogen) atoms. The van der Waals surface area contributed by atoms with Crippen molar-refractivity contribution in [2.75, 3.05) is 17.2 Å². The number of nitrogens with zero attached hydrogens (tertiary/aromatic N) is 2. The fourth-order valence-corrected chi connectivity index (χ4v) is 6.43. The summed E-state index contributed by atoms with van der Waals surface area (Å²) >= 11 is 1.50. The van der Waals surface area contributed by atoms with Gasteiger partial charge in [-0.25, -0.2) is 8.78 Å². The van der Waals surface area contributed by atoms with Crippen LogP contribution in [0, 0.1) is 17.6 Å². The molecule has 2 aromatic rings. The first kappa shape index (κ1) is 19.5. The average molecular weight is 429 g/mol. The number of carbonyl (C=O) groups is 2. The van der Waals surface area contributed by atoms with Crippen LogP contribution in [0.3, 0.4) is 0 Å². The number of thioether (sulfide) groups is 1. The van der Waals surface area contributed by atoms with Gasteiger partial charge in [0.1, 0.15) is 0 Å². The van der Waals surface area contributed by atoms with Crippen molar-refractivity contribution in [3.63, 3.8) is 0 Å². The number of carbonyl (C=O) groups excluding carboxylic acids is 2. The van der Waals surface area contributed by atoms with Gasteiger partial charge in [-0.3, -0.25) is 9.59 Å². The molecule has 4 nitrogen and oxygen atoms in total. The molecule has 0 radical (unpaired) electrons. The highest BCUT2D eigenvalue weighted by molar-refractivity contribution is 8.01. The number of fused-ring (bicyclic) bond motifs is 2. The van der Waals surface area contributed by atoms with Crippen LogP contribution < -0.4 is 4.90 Å². The second kappa shape index (κ2) is 7.38. The Morgan fingerprint density at radius 2 is 1.87 bits per heavy atom. The van der Waals surface area contributed by atoms with E-state index >= 15 is 0 Å². The summed E-state index contributed by atoms with van der Waals surface area (Å²) in [6.45, 7) is 0.667. The molecule has 2 heterocycles. The van der Waals surface area contributed by atoms with Crippen molar-refractivity contribution in [1.82, 2.24) is 4.90 Å². The van der Waals surface area contributed by atoms with Gasteiger partial charge >= 0.3 is 0 Å². The summed E-state index contributed by atoms with van der Waals surface area (Å²) in [5.74, 6) is -1.28. The fourth-order valence-electron chi connectivity index (χ4n) is 4.96. The van der Waals surface area contributed by atoms with E-state index in [1.54, 1.807) is 9.80 Å². The molecule has 1 atom stereocenters. The largest absolute Gasteiger partial charge is 0.315 e. The van der Waals surface area contributed by atoms with Crippen molar-refractivity contribution < 1.29 is 18.4 Å². The van der Waals surface area contributed by atoms with Crippen LogP contribution in [-0.2, 0) is 21.0 Å². The molecule has 3 aliphatic rings. The van der Waals surface area contributed by atoms with Gasteiger partial charge in [-0.05, 0) is 36.6 Å². The van der Waals surface area contributed by atoms with Crippen LogP contribution in [-0.4, -0.2) is 29.0 Å². The highest BCUT2D eigenvalue weighted by atomic mass is 32.2. The molecule has 156 valence electrons. The first-order valence-electron chi connectivity index (χ1n) is 10.3. The summed E-state index contributed by atoms with van der Waals surface area (Å²) in [6.07, 6.45) is 3.86. The van der Waals surface area contributed by atoms with Gasteiger partial charge in [0.05, 0.1) is 12.2 Å². The zero-order valence-electron chi connectivity index (χ0n) is 16.4. The van der Waals surface area contributed by atoms with E-state index in [1.165, 1.54) is 17.8 Å². The van der Waals surface area contributed by atoms with Gasteiger partial charge in [-0.1, -0.05) is 37.1 Å². The van der Waals surface area contributed by atoms with Crippen LogP contribution in [0.4, 0.5) is 14.5 Å². The molecule has 2 aliphatic heterocycles. The highest BCUT2D eigenvalue weighted by Crippen LogP contribution is 2.55. The topological polar surface area (TPSA) is 40.6 Å². The molecule has 2 amide bonds. The maximum atomic E-state index is 13.8. The van der Waals surface area contributed by atoms with Crippen LogP contribution in [0.15, 0.2) is 42.5 Å². The minimum Gasteiger partial charge on any atom is -0.315 e. The zero-order valence-corrected chi connectivity index (χ0v) is 17.3. The predicted molar refractivity (Wildman–Crippen MR) is 112 cm³/mol. The molecule has 7 heteroatoms. The van der Waals surface area contributed by atoms with Crippen molar-refractivity contribution in [3.8, 4) is 0 Å². The maximum Gasteiger partial charge on any atom is 0.268 e. The van der Waals surface area contributed by atoms with Crippen molar-refractivity contribution >= 4 is 29.3 Å². The highest BCUT2D eigenvalue weighted by Gasteiger charge is 2.59. The smallest absolute Gasteiger partial charge is 0.268 e. The lowest BCUT2D eigenvalue weighted by Gasteiger charge is -2.34. The Kier molecular flexibility index (Phi) is 4.81. The summed E-state index contributed by atoms with van der Waals surface area (Å²) in [6, 6.07) is 11.2. The van der Waals surface area contributed by atoms with E-state index < -0.39 is 16.5 Å². The minimum atomic E-state index is -1.06. The number of para-hydroxylation sites is 1. The molecule has 1 spiro atoms. The van der Waals surface area contributed by atoms with Crippen LogP contribution in [0.2, 0.25) is 0 Å². The van der Waals surface area contributed by atoms with Crippen LogP contribution >= 0.6 is 11.8 Å². The molecule has 5 rings (SSSR count). The first-order chi connectivity index (χ1) is 14.5. The summed E-state index contributed by atoms with van der Waals surface area (Å²) in [7, 11) is 0. The number of anilines is 1. The summed E-state index contributed by atoms with van der Waals surface area (Å²) in [5.41, 5.74) is 2.04. The minimum absolute atomic E-state index is 0.0132. The van der Waals surface area contributed by atoms with Gasteiger partial charge in [0, 0.05) is 23.8 Å². The Balaban J connectivity index is 1.54. The molecule has 0 aromatic heterocycles. The number of benzene rings is 2. The van der Waals surface area contributed by atoms with E-state index in [0.717, 1.165) is 49.1 Å². The Labute approximate surface area is 178 Å². The number of hydrogen-bond donors (Lipinski definition) is 0. The molecule has 1 saturated heterocycles. The molecule has 2 fully saturated rings. The molecule has 0 bridgehead atoms. The van der Waals surface area contributed by atoms with Gasteiger partial charge in [-0.2, -0.15) is 0 Å². The summed E-state index contributed by atoms with van der Waals surface area (Å²) in [5, 5.41) is 0. The Morgan fingerprint density at radius 1 is 1.10 bits per heavy atom. The maximum absolute atomic E-state index is 13.8. The van der Waals surface area contributed by atoms with Crippen molar-refractivity contribution in [1.29, 1.82) is 0 Å². The van der Waals surface area contributed by atoms with Gasteiger partial charge in [0.2, 0.25) is 5.91 Å². The third-order valence-corrected chi connectivity index (χ3v) is 7.82. The van der Waals surface area contributed by atoms with Gasteiger partial charge < -0.3 is 9.80 Å². The lowest BCUT2D eigenvalue weighted by molar-refractivity contribution is -0.143. The van der Waals surface area contributed by atoms with Crippen LogP contribution in [0.25, 0.3) is 0 Å². The fraction of sp³-hybridized carbons (Fsp3) is 0.391. The molecule has 0 N–H and O–H groups in total. The SMILES string of the molecule is O=C(C1CCCC1)N1CCSC12C(=O)N(Cc1ccc(F)c(F)c1)c1ccccc12. The van der Waals surface area contributed by atoms with E-state index in [2.05, 4.69) is 0 Å². The molecule has 1 aliphatic carbocycles. The second-order valence-electron chi connectivity index (χ2n) is 8.12. The second-order valence-corrected chi connectivity index (χ2v) is 9.41. The third-order valence-electron chi connectivity index (χ3n) is 6.40. The van der Waals surface area contributed by atoms with E-state index in [4.69, 9.17) is 0 Å². The number of amides is 2. The van der Waals surface area contributed by atoms with E-state index in [1.807, 2.05) is 24.3 Å². The van der Waals surface area contributed by atoms with Gasteiger partial charge in [0.15, 0.2) is 16.5 Å². The molecule has 2 aromatic carbocycles. The van der Waals surface area contributed by atoms with Crippen molar-refractivity contribution in [3.05, 3.63) is 65.2 Å². The number of rotatable bonds is 3. The molecular weight excluding hydrogens is 406 g/mol. The Bertz CT molecular complexity index is 1020. The molecular formula is C23H22F2N2O2S. The first-order valence-corrected chi connectivity index (χ1v) is 11.3. The monoisotopic (exact) mass is 428 g/mol. The lowest BCUT2D eigenvalue weighted by atomic mass is 10.0. The Morgan fingerprint density at radius 3 is 2.63 bits per heavy atom. The average Bonchev–Trinajstić information content (AvgIpc) is 3.48. The van der Waals surface area contributed by atoms with Crippen molar-refractivity contribution in [2.24, 2.45) is 5.92 Å². The molecule has 1 unspecified atom stereocenters. The quantitative estimate of drug-likeness (QED) is 0.726. The predicted octanol–water partition coefficient (Wildman–Crippen LogP) is 4.43. The van der Waals surface area contributed by atoms with E-state index in [-0.39, 0.29) is 24.3 Å². The Hall–Kier alpha value is -2.41. The number of hydrogen-bond acceptors (Lipinski definition) is 3. The zero-order chi connectivity index (χ0) is 20.9. The third kappa shape index (κ3) is 2.86. The van der Waals surface area contributed by atoms with Gasteiger partial charge in [0.25, 0.3) is 5.91 Å². The molecule has 1 saturated carbocycles. The standard InChI is InChI=1S/C23H22F2N2O2S/c24-18-10-9-15(13-19(18)25)14-26-20-8-4-3-7-17(20)23(22(26)29)27(11-12-30-23)21(28)16-5-1-2-6-16/h3-4,7-10,13,16H,1-2,5-6,11-12,14H2. The van der Waals surface area contributed by atoms with Crippen molar-refractivity contribution in [2.45, 2.75) is 37.1 Å². The van der Waals surface area contributed by atoms with Crippen LogP contribution in [0.1, 0.15) is 36.8 Å². The van der Waals surface area contributed by atoms with E-state index in [0.29, 0.717) is 17.9 Å². The lowest BCUT2D eigenvalue weighted by Crippen LogP contribution is -2.51. The summed E-state index contributed by atoms with van der Waals surface area (Å²) in [4.78, 5) is 29.5. The number of halogens is 2. The van der Waals surface area contributed by atoms with E-state index in [9.17, 15) is 18.4 Å². The normalized spacial score (nSPS) is 23.6. The van der Waals surface area contributed by atoms with Gasteiger partial charge in [-0.15, -0.1) is 11.8 Å². The van der Waals surface area contributed by atoms with Crippen LogP contribution in [0.5, 0.6) is 0 Å². The summed E-state index contributed by atoms with van der Waals surface area (Å²) < 4.78 is 27.1.